The summed E-state index contributed by atoms with van der Waals surface area (Å²) in [5, 5.41) is 2.81. The SMILES string of the molecule is O=C1CSc2ccc(C(=O)N(Cc3ccccc3F)C3CC3)cc2N1. The molecule has 4 rings (SSSR count). The van der Waals surface area contributed by atoms with E-state index in [0.717, 1.165) is 17.7 Å². The van der Waals surface area contributed by atoms with Crippen LogP contribution >= 0.6 is 11.8 Å². The van der Waals surface area contributed by atoms with Crippen molar-refractivity contribution in [2.45, 2.75) is 30.3 Å². The molecule has 2 aromatic carbocycles. The van der Waals surface area contributed by atoms with E-state index in [4.69, 9.17) is 0 Å². The Kier molecular flexibility index (Phi) is 4.21. The Labute approximate surface area is 149 Å². The van der Waals surface area contributed by atoms with Crippen molar-refractivity contribution in [3.63, 3.8) is 0 Å². The van der Waals surface area contributed by atoms with E-state index in [1.165, 1.54) is 17.8 Å². The third kappa shape index (κ3) is 3.39. The fourth-order valence-electron chi connectivity index (χ4n) is 2.95. The molecule has 0 radical (unpaired) electrons. The molecule has 6 heteroatoms. The molecule has 128 valence electrons. The maximum atomic E-state index is 14.0. The van der Waals surface area contributed by atoms with E-state index >= 15 is 0 Å². The molecule has 1 saturated carbocycles. The average Bonchev–Trinajstić information content (AvgIpc) is 3.45. The standard InChI is InChI=1S/C19H17FN2O2S/c20-15-4-2-1-3-13(15)10-22(14-6-7-14)19(24)12-5-8-17-16(9-12)21-18(23)11-25-17/h1-5,8-9,14H,6-7,10-11H2,(H,21,23). The van der Waals surface area contributed by atoms with Crippen molar-refractivity contribution in [1.29, 1.82) is 0 Å². The zero-order valence-corrected chi connectivity index (χ0v) is 14.3. The van der Waals surface area contributed by atoms with Crippen LogP contribution < -0.4 is 5.32 Å². The van der Waals surface area contributed by atoms with Crippen molar-refractivity contribution in [3.05, 3.63) is 59.4 Å². The molecule has 2 amide bonds. The van der Waals surface area contributed by atoms with Crippen LogP contribution in [-0.2, 0) is 11.3 Å². The highest BCUT2D eigenvalue weighted by Gasteiger charge is 2.34. The van der Waals surface area contributed by atoms with E-state index in [1.807, 2.05) is 6.07 Å². The fourth-order valence-corrected chi connectivity index (χ4v) is 3.73. The van der Waals surface area contributed by atoms with Gasteiger partial charge in [0, 0.05) is 28.6 Å². The third-order valence-electron chi connectivity index (χ3n) is 4.41. The number of carbonyl (C=O) groups excluding carboxylic acids is 2. The number of halogens is 1. The van der Waals surface area contributed by atoms with Crippen molar-refractivity contribution in [3.8, 4) is 0 Å². The highest BCUT2D eigenvalue weighted by Crippen LogP contribution is 2.34. The lowest BCUT2D eigenvalue weighted by atomic mass is 10.1. The van der Waals surface area contributed by atoms with Gasteiger partial charge in [-0.05, 0) is 37.1 Å². The molecule has 1 aliphatic carbocycles. The number of anilines is 1. The minimum absolute atomic E-state index is 0.0625. The second kappa shape index (κ2) is 6.52. The van der Waals surface area contributed by atoms with Crippen LogP contribution in [0.25, 0.3) is 0 Å². The van der Waals surface area contributed by atoms with Gasteiger partial charge in [0.05, 0.1) is 11.4 Å². The molecule has 1 fully saturated rings. The molecule has 4 nitrogen and oxygen atoms in total. The summed E-state index contributed by atoms with van der Waals surface area (Å²) >= 11 is 1.46. The lowest BCUT2D eigenvalue weighted by molar-refractivity contribution is -0.113. The van der Waals surface area contributed by atoms with Crippen LogP contribution in [0.3, 0.4) is 0 Å². The van der Waals surface area contributed by atoms with Gasteiger partial charge < -0.3 is 10.2 Å². The van der Waals surface area contributed by atoms with Crippen molar-refractivity contribution in [1.82, 2.24) is 4.90 Å². The van der Waals surface area contributed by atoms with Gasteiger partial charge in [-0.1, -0.05) is 18.2 Å². The zero-order chi connectivity index (χ0) is 17.4. The van der Waals surface area contributed by atoms with E-state index in [0.29, 0.717) is 22.6 Å². The number of benzene rings is 2. The molecule has 1 aliphatic heterocycles. The quantitative estimate of drug-likeness (QED) is 0.909. The molecule has 0 bridgehead atoms. The smallest absolute Gasteiger partial charge is 0.254 e. The number of nitrogens with zero attached hydrogens (tertiary/aromatic N) is 1. The third-order valence-corrected chi connectivity index (χ3v) is 5.48. The normalized spacial score (nSPS) is 16.1. The number of thioether (sulfide) groups is 1. The Bertz CT molecular complexity index is 851. The lowest BCUT2D eigenvalue weighted by Crippen LogP contribution is -2.33. The summed E-state index contributed by atoms with van der Waals surface area (Å²) < 4.78 is 14.0. The maximum absolute atomic E-state index is 14.0. The van der Waals surface area contributed by atoms with E-state index in [2.05, 4.69) is 5.32 Å². The van der Waals surface area contributed by atoms with Gasteiger partial charge in [-0.25, -0.2) is 4.39 Å². The van der Waals surface area contributed by atoms with Crippen molar-refractivity contribution in [2.75, 3.05) is 11.1 Å². The summed E-state index contributed by atoms with van der Waals surface area (Å²) in [4.78, 5) is 27.3. The first-order valence-corrected chi connectivity index (χ1v) is 9.21. The largest absolute Gasteiger partial charge is 0.331 e. The van der Waals surface area contributed by atoms with Crippen LogP contribution in [0, 0.1) is 5.82 Å². The molecule has 1 N–H and O–H groups in total. The molecule has 2 aromatic rings. The summed E-state index contributed by atoms with van der Waals surface area (Å²) in [6, 6.07) is 12.1. The molecule has 0 aromatic heterocycles. The van der Waals surface area contributed by atoms with Gasteiger partial charge >= 0.3 is 0 Å². The van der Waals surface area contributed by atoms with Gasteiger partial charge in [-0.15, -0.1) is 11.8 Å². The molecule has 1 heterocycles. The summed E-state index contributed by atoms with van der Waals surface area (Å²) in [5.74, 6) is -0.0946. The number of rotatable bonds is 4. The minimum atomic E-state index is -0.296. The Morgan fingerprint density at radius 3 is 2.80 bits per heavy atom. The van der Waals surface area contributed by atoms with Crippen molar-refractivity contribution < 1.29 is 14.0 Å². The molecule has 0 saturated heterocycles. The van der Waals surface area contributed by atoms with E-state index < -0.39 is 0 Å². The number of fused-ring (bicyclic) bond motifs is 1. The van der Waals surface area contributed by atoms with Gasteiger partial charge in [-0.3, -0.25) is 9.59 Å². The van der Waals surface area contributed by atoms with Gasteiger partial charge in [-0.2, -0.15) is 0 Å². The second-order valence-electron chi connectivity index (χ2n) is 6.30. The zero-order valence-electron chi connectivity index (χ0n) is 13.5. The first-order valence-electron chi connectivity index (χ1n) is 8.23. The second-order valence-corrected chi connectivity index (χ2v) is 7.32. The molecule has 2 aliphatic rings. The predicted octanol–water partition coefficient (Wildman–Crippen LogP) is 3.67. The molecule has 0 spiro atoms. The highest BCUT2D eigenvalue weighted by atomic mass is 32.2. The van der Waals surface area contributed by atoms with Crippen LogP contribution in [0.15, 0.2) is 47.4 Å². The molecular formula is C19H17FN2O2S. The Morgan fingerprint density at radius 2 is 2.04 bits per heavy atom. The summed E-state index contributed by atoms with van der Waals surface area (Å²) in [5.41, 5.74) is 1.71. The fraction of sp³-hybridized carbons (Fsp3) is 0.263. The minimum Gasteiger partial charge on any atom is -0.331 e. The summed E-state index contributed by atoms with van der Waals surface area (Å²) in [6.07, 6.45) is 1.88. The maximum Gasteiger partial charge on any atom is 0.254 e. The molecule has 0 atom stereocenters. The number of hydrogen-bond donors (Lipinski definition) is 1. The van der Waals surface area contributed by atoms with Gasteiger partial charge in [0.1, 0.15) is 5.82 Å². The Hall–Kier alpha value is -2.34. The first-order chi connectivity index (χ1) is 12.1. The topological polar surface area (TPSA) is 49.4 Å². The molecule has 0 unspecified atom stereocenters. The molecular weight excluding hydrogens is 339 g/mol. The van der Waals surface area contributed by atoms with Gasteiger partial charge in [0.2, 0.25) is 5.91 Å². The summed E-state index contributed by atoms with van der Waals surface area (Å²) in [6.45, 7) is 0.258. The monoisotopic (exact) mass is 356 g/mol. The first kappa shape index (κ1) is 16.1. The molecule has 25 heavy (non-hydrogen) atoms. The lowest BCUT2D eigenvalue weighted by Gasteiger charge is -2.24. The highest BCUT2D eigenvalue weighted by molar-refractivity contribution is 8.00. The van der Waals surface area contributed by atoms with E-state index in [1.54, 1.807) is 35.2 Å². The number of carbonyl (C=O) groups is 2. The van der Waals surface area contributed by atoms with Crippen LogP contribution in [0.5, 0.6) is 0 Å². The van der Waals surface area contributed by atoms with Crippen molar-refractivity contribution in [2.24, 2.45) is 0 Å². The summed E-state index contributed by atoms with van der Waals surface area (Å²) in [7, 11) is 0. The van der Waals surface area contributed by atoms with E-state index in [-0.39, 0.29) is 30.2 Å². The average molecular weight is 356 g/mol. The van der Waals surface area contributed by atoms with Crippen molar-refractivity contribution >= 4 is 29.3 Å². The van der Waals surface area contributed by atoms with Crippen LogP contribution in [0.2, 0.25) is 0 Å². The van der Waals surface area contributed by atoms with Crippen LogP contribution in [-0.4, -0.2) is 28.5 Å². The van der Waals surface area contributed by atoms with Crippen LogP contribution in [0.1, 0.15) is 28.8 Å². The van der Waals surface area contributed by atoms with E-state index in [9.17, 15) is 14.0 Å². The number of nitrogens with one attached hydrogen (secondary N) is 1. The van der Waals surface area contributed by atoms with Gasteiger partial charge in [0.15, 0.2) is 0 Å². The Morgan fingerprint density at radius 1 is 1.24 bits per heavy atom. The number of hydrogen-bond acceptors (Lipinski definition) is 3. The van der Waals surface area contributed by atoms with Crippen LogP contribution in [0.4, 0.5) is 10.1 Å². The van der Waals surface area contributed by atoms with Gasteiger partial charge in [0.25, 0.3) is 5.91 Å². The number of amides is 2. The predicted molar refractivity (Wildman–Crippen MR) is 95.1 cm³/mol. The Balaban J connectivity index is 1.60.